The zero-order valence-electron chi connectivity index (χ0n) is 17.0. The van der Waals surface area contributed by atoms with E-state index in [0.29, 0.717) is 31.7 Å². The number of hydrogen-bond acceptors (Lipinski definition) is 5. The summed E-state index contributed by atoms with van der Waals surface area (Å²) < 4.78 is 19.8. The number of aliphatic hydroxyl groups is 1. The number of aromatic nitrogens is 1. The maximum atomic E-state index is 13.7. The molecule has 2 heterocycles. The van der Waals surface area contributed by atoms with Gasteiger partial charge in [0.15, 0.2) is 0 Å². The van der Waals surface area contributed by atoms with E-state index in [1.807, 2.05) is 32.0 Å². The number of benzene rings is 1. The van der Waals surface area contributed by atoms with Crippen LogP contribution in [0, 0.1) is 42.8 Å². The van der Waals surface area contributed by atoms with Crippen LogP contribution in [0.15, 0.2) is 30.3 Å². The highest BCUT2D eigenvalue weighted by molar-refractivity contribution is 5.94. The van der Waals surface area contributed by atoms with E-state index in [4.69, 9.17) is 10.00 Å². The number of nitrogens with zero attached hydrogens (tertiary/aromatic N) is 3. The van der Waals surface area contributed by atoms with Crippen LogP contribution in [0.25, 0.3) is 0 Å². The van der Waals surface area contributed by atoms with E-state index in [1.54, 1.807) is 4.90 Å². The molecular weight excluding hydrogens is 385 g/mol. The number of aryl methyl sites for hydroxylation is 2. The smallest absolute Gasteiger partial charge is 0.254 e. The molecule has 2 fully saturated rings. The lowest BCUT2D eigenvalue weighted by molar-refractivity contribution is -0.0236. The first-order valence-electron chi connectivity index (χ1n) is 10.1. The summed E-state index contributed by atoms with van der Waals surface area (Å²) in [6.45, 7) is 4.83. The number of nitriles is 1. The Morgan fingerprint density at radius 2 is 1.97 bits per heavy atom. The van der Waals surface area contributed by atoms with Gasteiger partial charge in [-0.3, -0.25) is 9.78 Å². The van der Waals surface area contributed by atoms with E-state index < -0.39 is 11.9 Å². The Balaban J connectivity index is 1.46. The Morgan fingerprint density at radius 3 is 2.67 bits per heavy atom. The number of carbonyl (C=O) groups excluding carboxylic acids is 1. The summed E-state index contributed by atoms with van der Waals surface area (Å²) >= 11 is 0. The van der Waals surface area contributed by atoms with Crippen LogP contribution in [0.1, 0.15) is 40.2 Å². The van der Waals surface area contributed by atoms with Crippen molar-refractivity contribution in [3.8, 4) is 11.8 Å². The van der Waals surface area contributed by atoms with Gasteiger partial charge in [0.2, 0.25) is 0 Å². The van der Waals surface area contributed by atoms with Gasteiger partial charge in [-0.15, -0.1) is 0 Å². The van der Waals surface area contributed by atoms with Crippen molar-refractivity contribution in [1.82, 2.24) is 9.88 Å². The number of carbonyl (C=O) groups is 1. The molecule has 6 nitrogen and oxygen atoms in total. The molecule has 4 atom stereocenters. The fourth-order valence-electron chi connectivity index (χ4n) is 4.60. The van der Waals surface area contributed by atoms with Gasteiger partial charge in [-0.25, -0.2) is 4.39 Å². The summed E-state index contributed by atoms with van der Waals surface area (Å²) in [5, 5.41) is 19.7. The molecule has 1 saturated heterocycles. The second-order valence-electron chi connectivity index (χ2n) is 8.30. The Kier molecular flexibility index (Phi) is 5.44. The Labute approximate surface area is 174 Å². The molecule has 1 N–H and O–H groups in total. The minimum absolute atomic E-state index is 0.126. The van der Waals surface area contributed by atoms with Crippen LogP contribution < -0.4 is 4.74 Å². The van der Waals surface area contributed by atoms with Crippen LogP contribution in [-0.2, 0) is 0 Å². The molecule has 1 aromatic carbocycles. The van der Waals surface area contributed by atoms with Gasteiger partial charge in [-0.2, -0.15) is 5.26 Å². The SMILES string of the molecule is Cc1ccc(O[C@@H]2C[C@@H]3CN(C(=O)c4cc(F)cc(C#N)c4)C[C@@H]3C[C@H]2O)c(C)n1. The molecule has 2 aromatic rings. The molecule has 2 aliphatic rings. The zero-order valence-corrected chi connectivity index (χ0v) is 17.0. The lowest BCUT2D eigenvalue weighted by Gasteiger charge is -2.35. The third-order valence-electron chi connectivity index (χ3n) is 6.10. The maximum Gasteiger partial charge on any atom is 0.254 e. The Morgan fingerprint density at radius 1 is 1.23 bits per heavy atom. The number of pyridine rings is 1. The van der Waals surface area contributed by atoms with Crippen molar-refractivity contribution in [2.45, 2.75) is 38.9 Å². The van der Waals surface area contributed by atoms with Gasteiger partial charge >= 0.3 is 0 Å². The van der Waals surface area contributed by atoms with Crippen molar-refractivity contribution >= 4 is 5.91 Å². The first-order chi connectivity index (χ1) is 14.3. The first-order valence-corrected chi connectivity index (χ1v) is 10.1. The molecule has 1 saturated carbocycles. The van der Waals surface area contributed by atoms with Crippen molar-refractivity contribution in [2.75, 3.05) is 13.1 Å². The van der Waals surface area contributed by atoms with E-state index in [-0.39, 0.29) is 35.0 Å². The highest BCUT2D eigenvalue weighted by Gasteiger charge is 2.44. The van der Waals surface area contributed by atoms with E-state index in [2.05, 4.69) is 4.98 Å². The third kappa shape index (κ3) is 4.01. The molecule has 1 aliphatic carbocycles. The number of fused-ring (bicyclic) bond motifs is 1. The maximum absolute atomic E-state index is 13.7. The number of amides is 1. The standard InChI is InChI=1S/C23H24FN3O3/c1-13-3-4-21(14(2)26-13)30-22-9-18-12-27(11-17(18)8-20(22)28)23(29)16-5-15(10-25)6-19(24)7-16/h3-7,17-18,20,22,28H,8-9,11-12H2,1-2H3/t17-,18+,20+,22+/m0/s1. The highest BCUT2D eigenvalue weighted by atomic mass is 19.1. The minimum atomic E-state index is -0.624. The van der Waals surface area contributed by atoms with E-state index in [0.717, 1.165) is 17.5 Å². The molecule has 7 heteroatoms. The monoisotopic (exact) mass is 409 g/mol. The van der Waals surface area contributed by atoms with Crippen molar-refractivity contribution < 1.29 is 19.0 Å². The van der Waals surface area contributed by atoms with Crippen LogP contribution in [0.5, 0.6) is 5.75 Å². The fraction of sp³-hybridized carbons (Fsp3) is 0.435. The van der Waals surface area contributed by atoms with Crippen LogP contribution >= 0.6 is 0 Å². The summed E-state index contributed by atoms with van der Waals surface area (Å²) in [7, 11) is 0. The molecule has 1 aliphatic heterocycles. The molecule has 1 amide bonds. The minimum Gasteiger partial charge on any atom is -0.486 e. The molecule has 0 bridgehead atoms. The number of ether oxygens (including phenoxy) is 1. The first kappa shape index (κ1) is 20.3. The van der Waals surface area contributed by atoms with Gasteiger partial charge in [-0.1, -0.05) is 0 Å². The van der Waals surface area contributed by atoms with Crippen LogP contribution in [0.2, 0.25) is 0 Å². The average molecular weight is 409 g/mol. The number of aliphatic hydroxyl groups excluding tert-OH is 1. The van der Waals surface area contributed by atoms with Gasteiger partial charge in [0.25, 0.3) is 5.91 Å². The summed E-state index contributed by atoms with van der Waals surface area (Å²) in [6.07, 6.45) is 0.199. The molecule has 1 aromatic heterocycles. The summed E-state index contributed by atoms with van der Waals surface area (Å²) in [6, 6.07) is 9.33. The molecule has 156 valence electrons. The number of rotatable bonds is 3. The van der Waals surface area contributed by atoms with Gasteiger partial charge in [0, 0.05) is 24.3 Å². The topological polar surface area (TPSA) is 86.5 Å². The van der Waals surface area contributed by atoms with Crippen molar-refractivity contribution in [3.05, 3.63) is 58.7 Å². The van der Waals surface area contributed by atoms with E-state index >= 15 is 0 Å². The van der Waals surface area contributed by atoms with Gasteiger partial charge in [-0.05, 0) is 68.9 Å². The Bertz CT molecular complexity index is 1020. The lowest BCUT2D eigenvalue weighted by atomic mass is 9.78. The number of likely N-dealkylation sites (tertiary alicyclic amines) is 1. The lowest BCUT2D eigenvalue weighted by Crippen LogP contribution is -2.42. The highest BCUT2D eigenvalue weighted by Crippen LogP contribution is 2.38. The van der Waals surface area contributed by atoms with Crippen molar-refractivity contribution in [2.24, 2.45) is 11.8 Å². The predicted molar refractivity (Wildman–Crippen MR) is 107 cm³/mol. The Hall–Kier alpha value is -2.98. The summed E-state index contributed by atoms with van der Waals surface area (Å²) in [5.74, 6) is 0.152. The molecule has 0 radical (unpaired) electrons. The van der Waals surface area contributed by atoms with Crippen molar-refractivity contribution in [1.29, 1.82) is 5.26 Å². The molecule has 0 spiro atoms. The average Bonchev–Trinajstić information content (AvgIpc) is 3.11. The quantitative estimate of drug-likeness (QED) is 0.842. The zero-order chi connectivity index (χ0) is 21.4. The largest absolute Gasteiger partial charge is 0.486 e. The summed E-state index contributed by atoms with van der Waals surface area (Å²) in [5.41, 5.74) is 2.00. The normalized spacial score (nSPS) is 25.5. The number of halogens is 1. The van der Waals surface area contributed by atoms with E-state index in [9.17, 15) is 14.3 Å². The van der Waals surface area contributed by atoms with Crippen molar-refractivity contribution in [3.63, 3.8) is 0 Å². The third-order valence-corrected chi connectivity index (χ3v) is 6.10. The summed E-state index contributed by atoms with van der Waals surface area (Å²) in [4.78, 5) is 19.0. The fourth-order valence-corrected chi connectivity index (χ4v) is 4.60. The second-order valence-corrected chi connectivity index (χ2v) is 8.30. The van der Waals surface area contributed by atoms with Crippen LogP contribution in [0.4, 0.5) is 4.39 Å². The molecule has 4 rings (SSSR count). The molecule has 30 heavy (non-hydrogen) atoms. The van der Waals surface area contributed by atoms with Gasteiger partial charge < -0.3 is 14.7 Å². The van der Waals surface area contributed by atoms with Crippen LogP contribution in [-0.4, -0.2) is 46.2 Å². The van der Waals surface area contributed by atoms with Gasteiger partial charge in [0.1, 0.15) is 17.7 Å². The van der Waals surface area contributed by atoms with Gasteiger partial charge in [0.05, 0.1) is 23.4 Å². The number of hydrogen-bond donors (Lipinski definition) is 1. The van der Waals surface area contributed by atoms with E-state index in [1.165, 1.54) is 12.1 Å². The second kappa shape index (κ2) is 8.04. The van der Waals surface area contributed by atoms with Crippen LogP contribution in [0.3, 0.4) is 0 Å². The predicted octanol–water partition coefficient (Wildman–Crippen LogP) is 3.00. The molecule has 0 unspecified atom stereocenters. The molecular formula is C23H24FN3O3.